The lowest BCUT2D eigenvalue weighted by Crippen LogP contribution is -2.16. The number of rotatable bonds is 3. The van der Waals surface area contributed by atoms with Crippen molar-refractivity contribution in [1.29, 1.82) is 0 Å². The number of halogens is 2. The molecule has 0 radical (unpaired) electrons. The minimum atomic E-state index is -0.245. The van der Waals surface area contributed by atoms with Gasteiger partial charge in [-0.05, 0) is 49.1 Å². The maximum Gasteiger partial charge on any atom is 0.127 e. The van der Waals surface area contributed by atoms with Gasteiger partial charge in [0.1, 0.15) is 5.75 Å². The van der Waals surface area contributed by atoms with Crippen molar-refractivity contribution in [3.8, 4) is 5.75 Å². The molecule has 0 aliphatic rings. The van der Waals surface area contributed by atoms with E-state index in [4.69, 9.17) is 10.5 Å². The van der Waals surface area contributed by atoms with Crippen LogP contribution >= 0.6 is 31.9 Å². The summed E-state index contributed by atoms with van der Waals surface area (Å²) in [6.45, 7) is 6.16. The number of ether oxygens (including phenoxy) is 1. The quantitative estimate of drug-likeness (QED) is 0.752. The summed E-state index contributed by atoms with van der Waals surface area (Å²) in [5.74, 6) is 0.858. The lowest BCUT2D eigenvalue weighted by atomic mass is 9.92. The van der Waals surface area contributed by atoms with Crippen LogP contribution in [0.1, 0.15) is 33.9 Å². The van der Waals surface area contributed by atoms with E-state index in [-0.39, 0.29) is 6.04 Å². The Morgan fingerprint density at radius 1 is 1.10 bits per heavy atom. The van der Waals surface area contributed by atoms with Gasteiger partial charge in [-0.1, -0.05) is 50.1 Å². The monoisotopic (exact) mass is 411 g/mol. The van der Waals surface area contributed by atoms with E-state index in [0.29, 0.717) is 0 Å². The second kappa shape index (κ2) is 6.51. The smallest absolute Gasteiger partial charge is 0.127 e. The van der Waals surface area contributed by atoms with Gasteiger partial charge in [-0.2, -0.15) is 0 Å². The zero-order valence-electron chi connectivity index (χ0n) is 12.6. The summed E-state index contributed by atoms with van der Waals surface area (Å²) in [5, 5.41) is 0. The predicted octanol–water partition coefficient (Wildman–Crippen LogP) is 5.19. The first kappa shape index (κ1) is 16.5. The molecule has 1 atom stereocenters. The van der Waals surface area contributed by atoms with E-state index in [1.165, 1.54) is 5.56 Å². The highest BCUT2D eigenvalue weighted by atomic mass is 79.9. The second-order valence-electron chi connectivity index (χ2n) is 5.20. The van der Waals surface area contributed by atoms with Crippen LogP contribution in [0.2, 0.25) is 0 Å². The SMILES string of the molecule is COc1c(C)cc(Br)c(C)c1C(N)c1cccc(C)c1Br. The number of aryl methyl sites for hydroxylation is 2. The summed E-state index contributed by atoms with van der Waals surface area (Å²) >= 11 is 7.26. The fraction of sp³-hybridized carbons (Fsp3) is 0.294. The highest BCUT2D eigenvalue weighted by Gasteiger charge is 2.22. The minimum absolute atomic E-state index is 0.245. The van der Waals surface area contributed by atoms with Gasteiger partial charge in [-0.15, -0.1) is 0 Å². The maximum absolute atomic E-state index is 6.57. The molecule has 0 heterocycles. The zero-order valence-corrected chi connectivity index (χ0v) is 15.8. The Morgan fingerprint density at radius 2 is 1.76 bits per heavy atom. The van der Waals surface area contributed by atoms with Crippen LogP contribution in [0.4, 0.5) is 0 Å². The van der Waals surface area contributed by atoms with Crippen LogP contribution in [-0.4, -0.2) is 7.11 Å². The van der Waals surface area contributed by atoms with Gasteiger partial charge in [0.05, 0.1) is 13.2 Å². The van der Waals surface area contributed by atoms with Crippen LogP contribution in [0.5, 0.6) is 5.75 Å². The van der Waals surface area contributed by atoms with E-state index in [0.717, 1.165) is 36.9 Å². The highest BCUT2D eigenvalue weighted by molar-refractivity contribution is 9.10. The van der Waals surface area contributed by atoms with Crippen molar-refractivity contribution >= 4 is 31.9 Å². The summed E-state index contributed by atoms with van der Waals surface area (Å²) in [5.41, 5.74) is 12.0. The summed E-state index contributed by atoms with van der Waals surface area (Å²) in [6.07, 6.45) is 0. The Kier molecular flexibility index (Phi) is 5.12. The standard InChI is InChI=1S/C17H19Br2NO/c1-9-6-5-7-12(15(9)19)16(20)14-11(3)13(18)8-10(2)17(14)21-4/h5-8,16H,20H2,1-4H3. The molecule has 0 amide bonds. The average Bonchev–Trinajstić information content (AvgIpc) is 2.44. The van der Waals surface area contributed by atoms with E-state index in [9.17, 15) is 0 Å². The second-order valence-corrected chi connectivity index (χ2v) is 6.85. The van der Waals surface area contributed by atoms with Crippen molar-refractivity contribution < 1.29 is 4.74 Å². The average molecular weight is 413 g/mol. The van der Waals surface area contributed by atoms with Gasteiger partial charge < -0.3 is 10.5 Å². The molecule has 0 fully saturated rings. The van der Waals surface area contributed by atoms with Crippen LogP contribution in [0.25, 0.3) is 0 Å². The molecule has 2 rings (SSSR count). The molecule has 0 spiro atoms. The Morgan fingerprint density at radius 3 is 2.38 bits per heavy atom. The largest absolute Gasteiger partial charge is 0.496 e. The summed E-state index contributed by atoms with van der Waals surface area (Å²) in [4.78, 5) is 0. The first-order valence-electron chi connectivity index (χ1n) is 6.72. The molecule has 0 aliphatic carbocycles. The number of methoxy groups -OCH3 is 1. The minimum Gasteiger partial charge on any atom is -0.496 e. The van der Waals surface area contributed by atoms with Crippen LogP contribution < -0.4 is 10.5 Å². The number of hydrogen-bond donors (Lipinski definition) is 1. The summed E-state index contributed by atoms with van der Waals surface area (Å²) < 4.78 is 7.71. The zero-order chi connectivity index (χ0) is 15.7. The van der Waals surface area contributed by atoms with Gasteiger partial charge in [0.2, 0.25) is 0 Å². The van der Waals surface area contributed by atoms with E-state index < -0.39 is 0 Å². The maximum atomic E-state index is 6.57. The third kappa shape index (κ3) is 3.03. The molecule has 2 aromatic rings. The number of hydrogen-bond acceptors (Lipinski definition) is 2. The fourth-order valence-electron chi connectivity index (χ4n) is 2.59. The van der Waals surface area contributed by atoms with Crippen LogP contribution in [-0.2, 0) is 0 Å². The van der Waals surface area contributed by atoms with Gasteiger partial charge >= 0.3 is 0 Å². The Labute approximate surface area is 143 Å². The molecule has 112 valence electrons. The molecule has 1 unspecified atom stereocenters. The van der Waals surface area contributed by atoms with Crippen molar-refractivity contribution in [3.05, 3.63) is 61.0 Å². The molecule has 0 saturated heterocycles. The third-order valence-corrected chi connectivity index (χ3v) is 5.69. The van der Waals surface area contributed by atoms with Crippen molar-refractivity contribution in [2.75, 3.05) is 7.11 Å². The third-order valence-electron chi connectivity index (χ3n) is 3.78. The van der Waals surface area contributed by atoms with E-state index in [2.05, 4.69) is 63.9 Å². The summed E-state index contributed by atoms with van der Waals surface area (Å²) in [6, 6.07) is 7.97. The van der Waals surface area contributed by atoms with Crippen molar-refractivity contribution in [2.45, 2.75) is 26.8 Å². The van der Waals surface area contributed by atoms with Crippen LogP contribution in [0, 0.1) is 20.8 Å². The first-order chi connectivity index (χ1) is 9.88. The van der Waals surface area contributed by atoms with E-state index in [1.54, 1.807) is 7.11 Å². The molecule has 4 heteroatoms. The highest BCUT2D eigenvalue weighted by Crippen LogP contribution is 2.39. The molecule has 2 aromatic carbocycles. The number of nitrogens with two attached hydrogens (primary N) is 1. The van der Waals surface area contributed by atoms with E-state index in [1.807, 2.05) is 13.0 Å². The Hall–Kier alpha value is -0.840. The van der Waals surface area contributed by atoms with Gasteiger partial charge in [-0.25, -0.2) is 0 Å². The van der Waals surface area contributed by atoms with Crippen LogP contribution in [0.3, 0.4) is 0 Å². The molecular formula is C17H19Br2NO. The van der Waals surface area contributed by atoms with Crippen molar-refractivity contribution in [2.24, 2.45) is 5.73 Å². The summed E-state index contributed by atoms with van der Waals surface area (Å²) in [7, 11) is 1.69. The molecule has 21 heavy (non-hydrogen) atoms. The van der Waals surface area contributed by atoms with Gasteiger partial charge in [0, 0.05) is 14.5 Å². The van der Waals surface area contributed by atoms with Crippen molar-refractivity contribution in [1.82, 2.24) is 0 Å². The Balaban J connectivity index is 2.68. The van der Waals surface area contributed by atoms with Gasteiger partial charge in [-0.3, -0.25) is 0 Å². The lowest BCUT2D eigenvalue weighted by molar-refractivity contribution is 0.404. The predicted molar refractivity (Wildman–Crippen MR) is 95.1 cm³/mol. The molecule has 2 nitrogen and oxygen atoms in total. The fourth-order valence-corrected chi connectivity index (χ4v) is 3.65. The van der Waals surface area contributed by atoms with Gasteiger partial charge in [0.15, 0.2) is 0 Å². The molecule has 0 aliphatic heterocycles. The first-order valence-corrected chi connectivity index (χ1v) is 8.31. The topological polar surface area (TPSA) is 35.2 Å². The van der Waals surface area contributed by atoms with Crippen LogP contribution in [0.15, 0.2) is 33.2 Å². The molecule has 0 saturated carbocycles. The Bertz CT molecular complexity index is 683. The van der Waals surface area contributed by atoms with E-state index >= 15 is 0 Å². The lowest BCUT2D eigenvalue weighted by Gasteiger charge is -2.23. The molecular weight excluding hydrogens is 394 g/mol. The van der Waals surface area contributed by atoms with Crippen molar-refractivity contribution in [3.63, 3.8) is 0 Å². The normalized spacial score (nSPS) is 12.3. The number of benzene rings is 2. The molecule has 2 N–H and O–H groups in total. The van der Waals surface area contributed by atoms with Gasteiger partial charge in [0.25, 0.3) is 0 Å². The molecule has 0 bridgehead atoms. The molecule has 0 aromatic heterocycles.